The quantitative estimate of drug-likeness (QED) is 0.392. The second-order valence-electron chi connectivity index (χ2n) is 7.83. The fourth-order valence-corrected chi connectivity index (χ4v) is 4.69. The Morgan fingerprint density at radius 3 is 2.48 bits per heavy atom. The molecule has 2 heterocycles. The summed E-state index contributed by atoms with van der Waals surface area (Å²) >= 11 is 0.641. The highest BCUT2D eigenvalue weighted by Crippen LogP contribution is 2.38. The summed E-state index contributed by atoms with van der Waals surface area (Å²) in [7, 11) is 0. The number of nitro benzene ring substituents is 1. The molecular formula is C23H21N3O6S. The number of aromatic hydroxyl groups is 1. The average molecular weight is 468 g/mol. The van der Waals surface area contributed by atoms with Crippen molar-refractivity contribution in [3.63, 3.8) is 0 Å². The maximum Gasteiger partial charge on any atom is 0.311 e. The van der Waals surface area contributed by atoms with Crippen LogP contribution in [-0.2, 0) is 16.0 Å². The summed E-state index contributed by atoms with van der Waals surface area (Å²) in [6.07, 6.45) is 3.44. The van der Waals surface area contributed by atoms with E-state index in [1.165, 1.54) is 12.1 Å². The van der Waals surface area contributed by atoms with Crippen molar-refractivity contribution in [3.05, 3.63) is 74.2 Å². The minimum atomic E-state index is -0.693. The van der Waals surface area contributed by atoms with Gasteiger partial charge in [-0.25, -0.2) is 0 Å². The Labute approximate surface area is 193 Å². The van der Waals surface area contributed by atoms with Gasteiger partial charge in [-0.15, -0.1) is 0 Å². The summed E-state index contributed by atoms with van der Waals surface area (Å²) in [6, 6.07) is 12.2. The van der Waals surface area contributed by atoms with E-state index in [0.29, 0.717) is 36.8 Å². The van der Waals surface area contributed by atoms with E-state index in [0.717, 1.165) is 23.3 Å². The zero-order valence-corrected chi connectivity index (χ0v) is 18.4. The number of carbonyl (C=O) groups excluding carboxylic acids is 3. The molecule has 0 bridgehead atoms. The van der Waals surface area contributed by atoms with Crippen LogP contribution < -0.4 is 0 Å². The minimum Gasteiger partial charge on any atom is -0.502 e. The fraction of sp³-hybridized carbons (Fsp3) is 0.261. The van der Waals surface area contributed by atoms with Gasteiger partial charge < -0.3 is 10.0 Å². The molecule has 2 aliphatic heterocycles. The normalized spacial score (nSPS) is 17.3. The molecule has 1 N–H and O–H groups in total. The second-order valence-corrected chi connectivity index (χ2v) is 8.82. The summed E-state index contributed by atoms with van der Waals surface area (Å²) in [6.45, 7) is 0.870. The molecule has 170 valence electrons. The molecule has 0 saturated carbocycles. The summed E-state index contributed by atoms with van der Waals surface area (Å²) in [5.41, 5.74) is 1.06. The molecule has 0 spiro atoms. The Kier molecular flexibility index (Phi) is 6.45. The lowest BCUT2D eigenvalue weighted by Gasteiger charge is -2.18. The number of carbonyl (C=O) groups is 3. The zero-order chi connectivity index (χ0) is 23.5. The van der Waals surface area contributed by atoms with Crippen LogP contribution in [0.25, 0.3) is 6.08 Å². The van der Waals surface area contributed by atoms with Gasteiger partial charge in [0.2, 0.25) is 11.7 Å². The lowest BCUT2D eigenvalue weighted by atomic mass is 10.0. The molecule has 2 aromatic carbocycles. The third-order valence-electron chi connectivity index (χ3n) is 5.54. The molecule has 2 fully saturated rings. The number of phenolic OH excluding ortho intramolecular Hbond substituents is 1. The third-order valence-corrected chi connectivity index (χ3v) is 6.45. The van der Waals surface area contributed by atoms with Gasteiger partial charge in [0, 0.05) is 24.7 Å². The van der Waals surface area contributed by atoms with E-state index in [1.807, 2.05) is 30.3 Å². The zero-order valence-electron chi connectivity index (χ0n) is 17.6. The maximum absolute atomic E-state index is 12.8. The predicted octanol–water partition coefficient (Wildman–Crippen LogP) is 3.55. The van der Waals surface area contributed by atoms with Crippen LogP contribution in [0.5, 0.6) is 5.75 Å². The number of amides is 3. The molecule has 0 aromatic heterocycles. The Bertz CT molecular complexity index is 1160. The molecule has 2 aliphatic rings. The van der Waals surface area contributed by atoms with Gasteiger partial charge in [-0.1, -0.05) is 30.3 Å². The van der Waals surface area contributed by atoms with E-state index >= 15 is 0 Å². The Morgan fingerprint density at radius 1 is 1.12 bits per heavy atom. The van der Waals surface area contributed by atoms with Gasteiger partial charge in [-0.05, 0) is 54.3 Å². The first-order valence-corrected chi connectivity index (χ1v) is 11.2. The Hall–Kier alpha value is -3.66. The first-order valence-electron chi connectivity index (χ1n) is 10.4. The van der Waals surface area contributed by atoms with E-state index in [2.05, 4.69) is 0 Å². The highest BCUT2D eigenvalue weighted by atomic mass is 32.2. The number of nitro groups is 1. The number of nitrogens with zero attached hydrogens (tertiary/aromatic N) is 3. The van der Waals surface area contributed by atoms with Crippen molar-refractivity contribution in [1.82, 2.24) is 9.80 Å². The van der Waals surface area contributed by atoms with Crippen molar-refractivity contribution in [3.8, 4) is 5.75 Å². The molecule has 0 unspecified atom stereocenters. The van der Waals surface area contributed by atoms with Crippen molar-refractivity contribution in [2.75, 3.05) is 19.6 Å². The monoisotopic (exact) mass is 467 g/mol. The van der Waals surface area contributed by atoms with E-state index in [9.17, 15) is 29.6 Å². The summed E-state index contributed by atoms with van der Waals surface area (Å²) in [4.78, 5) is 50.9. The summed E-state index contributed by atoms with van der Waals surface area (Å²) < 4.78 is 0. The molecule has 3 amide bonds. The Balaban J connectivity index is 1.61. The Morgan fingerprint density at radius 2 is 1.82 bits per heavy atom. The number of benzene rings is 2. The van der Waals surface area contributed by atoms with Gasteiger partial charge in [-0.3, -0.25) is 29.4 Å². The van der Waals surface area contributed by atoms with Crippen LogP contribution in [-0.4, -0.2) is 56.5 Å². The number of thioether (sulfide) groups is 1. The van der Waals surface area contributed by atoms with Crippen LogP contribution in [0.4, 0.5) is 10.5 Å². The van der Waals surface area contributed by atoms with Gasteiger partial charge in [0.15, 0.2) is 0 Å². The second kappa shape index (κ2) is 9.45. The standard InChI is InChI=1S/C23H21N3O6S/c27-20(24-8-4-5-9-24)14-25-22(29)19(33-23(25)30)13-17-11-16(10-15-6-2-1-3-7-15)12-18(21(17)28)26(31)32/h1-3,6-7,11-13,28H,4-5,8-10,14H2/b19-13-. The smallest absolute Gasteiger partial charge is 0.311 e. The number of hydrogen-bond donors (Lipinski definition) is 1. The minimum absolute atomic E-state index is 0.00400. The van der Waals surface area contributed by atoms with Crippen molar-refractivity contribution in [2.45, 2.75) is 19.3 Å². The molecule has 0 aliphatic carbocycles. The SMILES string of the molecule is O=C(CN1C(=O)S/C(=C\c2cc(Cc3ccccc3)cc([N+](=O)[O-])c2O)C1=O)N1CCCC1. The van der Waals surface area contributed by atoms with Crippen LogP contribution in [0.2, 0.25) is 0 Å². The van der Waals surface area contributed by atoms with Crippen molar-refractivity contribution >= 4 is 40.6 Å². The van der Waals surface area contributed by atoms with Crippen molar-refractivity contribution in [2.24, 2.45) is 0 Å². The summed E-state index contributed by atoms with van der Waals surface area (Å²) in [5, 5.41) is 21.3. The summed E-state index contributed by atoms with van der Waals surface area (Å²) in [5.74, 6) is -1.54. The van der Waals surface area contributed by atoms with E-state index in [1.54, 1.807) is 11.0 Å². The van der Waals surface area contributed by atoms with E-state index in [4.69, 9.17) is 0 Å². The molecule has 33 heavy (non-hydrogen) atoms. The molecule has 0 radical (unpaired) electrons. The number of rotatable bonds is 6. The van der Waals surface area contributed by atoms with E-state index < -0.39 is 27.5 Å². The van der Waals surface area contributed by atoms with Crippen LogP contribution in [0, 0.1) is 10.1 Å². The van der Waals surface area contributed by atoms with Gasteiger partial charge in [-0.2, -0.15) is 0 Å². The largest absolute Gasteiger partial charge is 0.502 e. The number of likely N-dealkylation sites (tertiary alicyclic amines) is 1. The van der Waals surface area contributed by atoms with Gasteiger partial charge in [0.05, 0.1) is 9.83 Å². The topological polar surface area (TPSA) is 121 Å². The average Bonchev–Trinajstić information content (AvgIpc) is 3.41. The number of imide groups is 1. The van der Waals surface area contributed by atoms with Crippen LogP contribution in [0.15, 0.2) is 47.4 Å². The first kappa shape index (κ1) is 22.5. The van der Waals surface area contributed by atoms with Gasteiger partial charge in [0.1, 0.15) is 6.54 Å². The van der Waals surface area contributed by atoms with Crippen LogP contribution in [0.3, 0.4) is 0 Å². The van der Waals surface area contributed by atoms with Crippen LogP contribution in [0.1, 0.15) is 29.5 Å². The number of phenols is 1. The van der Waals surface area contributed by atoms with Crippen molar-refractivity contribution in [1.29, 1.82) is 0 Å². The number of hydrogen-bond acceptors (Lipinski definition) is 7. The molecule has 2 saturated heterocycles. The maximum atomic E-state index is 12.8. The molecule has 0 atom stereocenters. The first-order chi connectivity index (χ1) is 15.8. The lowest BCUT2D eigenvalue weighted by Crippen LogP contribution is -2.40. The van der Waals surface area contributed by atoms with Crippen molar-refractivity contribution < 1.29 is 24.4 Å². The van der Waals surface area contributed by atoms with E-state index in [-0.39, 0.29) is 22.9 Å². The predicted molar refractivity (Wildman–Crippen MR) is 123 cm³/mol. The molecule has 9 nitrogen and oxygen atoms in total. The third kappa shape index (κ3) is 4.90. The highest BCUT2D eigenvalue weighted by Gasteiger charge is 2.37. The fourth-order valence-electron chi connectivity index (χ4n) is 3.86. The molecule has 2 aromatic rings. The van der Waals surface area contributed by atoms with Gasteiger partial charge >= 0.3 is 5.69 Å². The highest BCUT2D eigenvalue weighted by molar-refractivity contribution is 8.18. The lowest BCUT2D eigenvalue weighted by molar-refractivity contribution is -0.385. The molecule has 10 heteroatoms. The molecular weight excluding hydrogens is 446 g/mol. The molecule has 4 rings (SSSR count). The van der Waals surface area contributed by atoms with Crippen LogP contribution >= 0.6 is 11.8 Å². The van der Waals surface area contributed by atoms with Gasteiger partial charge in [0.25, 0.3) is 11.1 Å².